The van der Waals surface area contributed by atoms with E-state index < -0.39 is 6.36 Å². The number of hydrogen-bond donors (Lipinski definition) is 0. The minimum atomic E-state index is -4.75. The van der Waals surface area contributed by atoms with Crippen molar-refractivity contribution in [1.82, 2.24) is 19.7 Å². The molecule has 0 spiro atoms. The molecule has 0 amide bonds. The van der Waals surface area contributed by atoms with E-state index in [4.69, 9.17) is 16.0 Å². The molecule has 5 aromatic rings. The van der Waals surface area contributed by atoms with Crippen LogP contribution in [-0.2, 0) is 6.54 Å². The van der Waals surface area contributed by atoms with Gasteiger partial charge in [0.15, 0.2) is 5.82 Å². The highest BCUT2D eigenvalue weighted by Crippen LogP contribution is 2.30. The fourth-order valence-electron chi connectivity index (χ4n) is 3.42. The van der Waals surface area contributed by atoms with Crippen LogP contribution in [0.15, 0.2) is 77.2 Å². The molecule has 166 valence electrons. The predicted octanol–water partition coefficient (Wildman–Crippen LogP) is 6.35. The van der Waals surface area contributed by atoms with Gasteiger partial charge in [0.1, 0.15) is 5.75 Å². The number of alkyl halides is 3. The zero-order valence-electron chi connectivity index (χ0n) is 16.8. The molecular weight excluding hydrogens is 457 g/mol. The maximum atomic E-state index is 12.5. The van der Waals surface area contributed by atoms with E-state index in [1.807, 2.05) is 41.0 Å². The third-order valence-corrected chi connectivity index (χ3v) is 5.08. The van der Waals surface area contributed by atoms with Gasteiger partial charge in [0.05, 0.1) is 11.0 Å². The molecule has 0 bridgehead atoms. The summed E-state index contributed by atoms with van der Waals surface area (Å²) in [5.74, 6) is 0.671. The fraction of sp³-hybridized carbons (Fsp3) is 0.0870. The summed E-state index contributed by atoms with van der Waals surface area (Å²) in [5.41, 5.74) is 2.86. The summed E-state index contributed by atoms with van der Waals surface area (Å²) < 4.78 is 49.0. The normalized spacial score (nSPS) is 11.8. The van der Waals surface area contributed by atoms with Crippen molar-refractivity contribution >= 4 is 22.6 Å². The van der Waals surface area contributed by atoms with Crippen LogP contribution in [0.4, 0.5) is 13.2 Å². The number of halogens is 4. The Hall–Kier alpha value is -3.85. The molecule has 33 heavy (non-hydrogen) atoms. The van der Waals surface area contributed by atoms with Crippen molar-refractivity contribution in [2.45, 2.75) is 12.9 Å². The molecule has 0 atom stereocenters. The zero-order valence-corrected chi connectivity index (χ0v) is 17.5. The van der Waals surface area contributed by atoms with Crippen molar-refractivity contribution < 1.29 is 22.3 Å². The molecule has 2 aromatic heterocycles. The van der Waals surface area contributed by atoms with E-state index in [0.29, 0.717) is 28.8 Å². The molecule has 0 aliphatic heterocycles. The van der Waals surface area contributed by atoms with Crippen molar-refractivity contribution in [3.8, 4) is 28.9 Å². The Morgan fingerprint density at radius 1 is 0.909 bits per heavy atom. The van der Waals surface area contributed by atoms with Crippen LogP contribution in [0.3, 0.4) is 0 Å². The van der Waals surface area contributed by atoms with Gasteiger partial charge >= 0.3 is 6.36 Å². The lowest BCUT2D eigenvalue weighted by atomic mass is 10.2. The van der Waals surface area contributed by atoms with Crippen LogP contribution in [0.2, 0.25) is 5.02 Å². The molecular formula is C23H14ClF3N4O2. The first-order valence-corrected chi connectivity index (χ1v) is 10.1. The highest BCUT2D eigenvalue weighted by molar-refractivity contribution is 6.31. The van der Waals surface area contributed by atoms with Crippen LogP contribution in [0.1, 0.15) is 5.56 Å². The standard InChI is InChI=1S/C23H14ClF3N4O2/c24-16-8-11-19-18(12-16)28-20(22-30-29-21(32-22)15-4-2-1-3-5-15)31(19)13-14-6-9-17(10-7-14)33-23(25,26)27/h1-12H,13H2. The summed E-state index contributed by atoms with van der Waals surface area (Å²) in [4.78, 5) is 4.62. The van der Waals surface area contributed by atoms with Gasteiger partial charge in [0.25, 0.3) is 5.89 Å². The lowest BCUT2D eigenvalue weighted by molar-refractivity contribution is -0.274. The molecule has 6 nitrogen and oxygen atoms in total. The number of ether oxygens (including phenoxy) is 1. The molecule has 0 saturated heterocycles. The molecule has 0 N–H and O–H groups in total. The number of nitrogens with zero attached hydrogens (tertiary/aromatic N) is 4. The van der Waals surface area contributed by atoms with Crippen LogP contribution in [-0.4, -0.2) is 26.1 Å². The van der Waals surface area contributed by atoms with Crippen molar-refractivity contribution in [2.24, 2.45) is 0 Å². The summed E-state index contributed by atoms with van der Waals surface area (Å²) in [6, 6.07) is 20.2. The Labute approximate surface area is 190 Å². The van der Waals surface area contributed by atoms with Crippen molar-refractivity contribution in [3.63, 3.8) is 0 Å². The largest absolute Gasteiger partial charge is 0.573 e. The van der Waals surface area contributed by atoms with Crippen molar-refractivity contribution in [3.05, 3.63) is 83.4 Å². The number of fused-ring (bicyclic) bond motifs is 1. The van der Waals surface area contributed by atoms with Crippen LogP contribution in [0.25, 0.3) is 34.2 Å². The van der Waals surface area contributed by atoms with E-state index in [-0.39, 0.29) is 11.6 Å². The molecule has 0 aliphatic rings. The van der Waals surface area contributed by atoms with Crippen LogP contribution < -0.4 is 4.74 Å². The first kappa shape index (κ1) is 21.0. The molecule has 0 aliphatic carbocycles. The number of imidazole rings is 1. The van der Waals surface area contributed by atoms with E-state index >= 15 is 0 Å². The minimum absolute atomic E-state index is 0.207. The first-order valence-electron chi connectivity index (χ1n) is 9.75. The lowest BCUT2D eigenvalue weighted by Crippen LogP contribution is -2.17. The molecule has 10 heteroatoms. The van der Waals surface area contributed by atoms with Crippen molar-refractivity contribution in [1.29, 1.82) is 0 Å². The average molecular weight is 471 g/mol. The number of hydrogen-bond acceptors (Lipinski definition) is 5. The summed E-state index contributed by atoms with van der Waals surface area (Å²) in [6.07, 6.45) is -4.75. The Morgan fingerprint density at radius 3 is 2.36 bits per heavy atom. The molecule has 0 fully saturated rings. The van der Waals surface area contributed by atoms with E-state index in [1.54, 1.807) is 24.3 Å². The van der Waals surface area contributed by atoms with Gasteiger partial charge in [0.2, 0.25) is 5.89 Å². The lowest BCUT2D eigenvalue weighted by Gasteiger charge is -2.11. The van der Waals surface area contributed by atoms with E-state index in [9.17, 15) is 13.2 Å². The third kappa shape index (κ3) is 4.54. The van der Waals surface area contributed by atoms with Gasteiger partial charge in [-0.15, -0.1) is 23.4 Å². The Kier molecular flexibility index (Phi) is 5.26. The Bertz CT molecular complexity index is 1410. The molecule has 0 radical (unpaired) electrons. The SMILES string of the molecule is FC(F)(F)Oc1ccc(Cn2c(-c3nnc(-c4ccccc4)o3)nc3cc(Cl)ccc32)cc1. The fourth-order valence-corrected chi connectivity index (χ4v) is 3.58. The molecule has 0 saturated carbocycles. The predicted molar refractivity (Wildman–Crippen MR) is 116 cm³/mol. The second-order valence-corrected chi connectivity index (χ2v) is 7.56. The van der Waals surface area contributed by atoms with Gasteiger partial charge in [-0.25, -0.2) is 4.98 Å². The summed E-state index contributed by atoms with van der Waals surface area (Å²) in [7, 11) is 0. The second-order valence-electron chi connectivity index (χ2n) is 7.12. The summed E-state index contributed by atoms with van der Waals surface area (Å²) in [5, 5.41) is 8.80. The summed E-state index contributed by atoms with van der Waals surface area (Å²) >= 11 is 6.13. The smallest absolute Gasteiger partial charge is 0.413 e. The number of aromatic nitrogens is 4. The number of benzene rings is 3. The maximum Gasteiger partial charge on any atom is 0.573 e. The van der Waals surface area contributed by atoms with Gasteiger partial charge in [0, 0.05) is 17.1 Å². The van der Waals surface area contributed by atoms with E-state index in [2.05, 4.69) is 19.9 Å². The zero-order chi connectivity index (χ0) is 23.0. The van der Waals surface area contributed by atoms with Crippen LogP contribution >= 0.6 is 11.6 Å². The molecule has 2 heterocycles. The van der Waals surface area contributed by atoms with E-state index in [1.165, 1.54) is 12.1 Å². The maximum absolute atomic E-state index is 12.5. The quantitative estimate of drug-likeness (QED) is 0.299. The molecule has 3 aromatic carbocycles. The van der Waals surface area contributed by atoms with Gasteiger partial charge in [-0.2, -0.15) is 0 Å². The van der Waals surface area contributed by atoms with Gasteiger partial charge in [-0.1, -0.05) is 41.9 Å². The minimum Gasteiger partial charge on any atom is -0.413 e. The van der Waals surface area contributed by atoms with Crippen LogP contribution in [0.5, 0.6) is 5.75 Å². The summed E-state index contributed by atoms with van der Waals surface area (Å²) in [6.45, 7) is 0.294. The molecule has 0 unspecified atom stereocenters. The monoisotopic (exact) mass is 470 g/mol. The van der Waals surface area contributed by atoms with Gasteiger partial charge in [-0.05, 0) is 48.0 Å². The Balaban J connectivity index is 1.53. The van der Waals surface area contributed by atoms with Gasteiger partial charge < -0.3 is 13.7 Å². The van der Waals surface area contributed by atoms with Crippen molar-refractivity contribution in [2.75, 3.05) is 0 Å². The Morgan fingerprint density at radius 2 is 1.64 bits per heavy atom. The highest BCUT2D eigenvalue weighted by Gasteiger charge is 2.31. The average Bonchev–Trinajstić information content (AvgIpc) is 3.40. The second kappa shape index (κ2) is 8.25. The number of rotatable bonds is 5. The van der Waals surface area contributed by atoms with E-state index in [0.717, 1.165) is 16.6 Å². The molecule has 5 rings (SSSR count). The first-order chi connectivity index (χ1) is 15.9. The highest BCUT2D eigenvalue weighted by atomic mass is 35.5. The van der Waals surface area contributed by atoms with Gasteiger partial charge in [-0.3, -0.25) is 0 Å². The van der Waals surface area contributed by atoms with Crippen LogP contribution in [0, 0.1) is 0 Å². The third-order valence-electron chi connectivity index (χ3n) is 4.84. The topological polar surface area (TPSA) is 66.0 Å².